The Kier molecular flexibility index (Phi) is 4.60. The first-order valence-electron chi connectivity index (χ1n) is 4.97. The van der Waals surface area contributed by atoms with E-state index in [0.717, 1.165) is 13.8 Å². The van der Waals surface area contributed by atoms with E-state index in [0.29, 0.717) is 0 Å². The molecule has 1 N–H and O–H groups in total. The van der Waals surface area contributed by atoms with Crippen LogP contribution in [-0.4, -0.2) is 8.42 Å². The van der Waals surface area contributed by atoms with E-state index in [4.69, 9.17) is 0 Å². The van der Waals surface area contributed by atoms with Gasteiger partial charge in [-0.25, -0.2) is 13.1 Å². The zero-order valence-electron chi connectivity index (χ0n) is 9.06. The lowest BCUT2D eigenvalue weighted by molar-refractivity contribution is 0.583. The quantitative estimate of drug-likeness (QED) is 0.834. The van der Waals surface area contributed by atoms with Gasteiger partial charge in [0.2, 0.25) is 10.0 Å². The van der Waals surface area contributed by atoms with Crippen molar-refractivity contribution >= 4 is 53.2 Å². The molecule has 1 aromatic heterocycles. The molecule has 0 saturated carbocycles. The van der Waals surface area contributed by atoms with Gasteiger partial charge in [-0.05, 0) is 43.5 Å². The molecule has 1 aromatic carbocycles. The van der Waals surface area contributed by atoms with Crippen LogP contribution in [0.1, 0.15) is 5.56 Å². The number of hydrogen-bond acceptors (Lipinski definition) is 3. The number of sulfonamides is 1. The van der Waals surface area contributed by atoms with E-state index in [9.17, 15) is 8.42 Å². The third-order valence-corrected chi connectivity index (χ3v) is 7.33. The van der Waals surface area contributed by atoms with Gasteiger partial charge >= 0.3 is 0 Å². The van der Waals surface area contributed by atoms with Crippen LogP contribution in [0.25, 0.3) is 0 Å². The van der Waals surface area contributed by atoms with Gasteiger partial charge in [0.25, 0.3) is 0 Å². The van der Waals surface area contributed by atoms with Gasteiger partial charge in [-0.15, -0.1) is 11.3 Å². The summed E-state index contributed by atoms with van der Waals surface area (Å²) in [6.07, 6.45) is 0. The molecule has 0 amide bonds. The zero-order valence-corrected chi connectivity index (χ0v) is 13.9. The summed E-state index contributed by atoms with van der Waals surface area (Å²) in [4.78, 5) is 0. The van der Waals surface area contributed by atoms with Gasteiger partial charge < -0.3 is 0 Å². The molecule has 0 unspecified atom stereocenters. The molecule has 0 aliphatic rings. The van der Waals surface area contributed by atoms with Crippen LogP contribution in [0.3, 0.4) is 0 Å². The minimum Gasteiger partial charge on any atom is -0.206 e. The molecule has 96 valence electrons. The van der Waals surface area contributed by atoms with Crippen LogP contribution >= 0.6 is 43.2 Å². The number of halogens is 2. The number of hydrogen-bond donors (Lipinski definition) is 1. The Morgan fingerprint density at radius 2 is 1.83 bits per heavy atom. The SMILES string of the molecule is O=S(=O)(NCc1ccccc1)c1cc(Br)c(Br)s1. The molecule has 0 fully saturated rings. The fourth-order valence-electron chi connectivity index (χ4n) is 1.30. The Bertz CT molecular complexity index is 619. The summed E-state index contributed by atoms with van der Waals surface area (Å²) in [5, 5.41) is 0. The molecule has 3 nitrogen and oxygen atoms in total. The summed E-state index contributed by atoms with van der Waals surface area (Å²) in [6, 6.07) is 11.0. The molecule has 0 radical (unpaired) electrons. The highest BCUT2D eigenvalue weighted by atomic mass is 79.9. The predicted octanol–water partition coefficient (Wildman–Crippen LogP) is 3.75. The zero-order chi connectivity index (χ0) is 13.2. The number of thiophene rings is 1. The van der Waals surface area contributed by atoms with Crippen molar-refractivity contribution in [2.24, 2.45) is 0 Å². The summed E-state index contributed by atoms with van der Waals surface area (Å²) in [6.45, 7) is 0.288. The van der Waals surface area contributed by atoms with Crippen molar-refractivity contribution in [2.45, 2.75) is 10.8 Å². The Morgan fingerprint density at radius 1 is 1.17 bits per heavy atom. The maximum atomic E-state index is 12.0. The van der Waals surface area contributed by atoms with E-state index in [-0.39, 0.29) is 10.8 Å². The van der Waals surface area contributed by atoms with Crippen LogP contribution in [0.15, 0.2) is 48.9 Å². The van der Waals surface area contributed by atoms with Gasteiger partial charge in [0.05, 0.1) is 3.79 Å². The number of benzene rings is 1. The molecule has 0 aliphatic carbocycles. The first-order valence-corrected chi connectivity index (χ1v) is 8.86. The number of nitrogens with one attached hydrogen (secondary N) is 1. The fraction of sp³-hybridized carbons (Fsp3) is 0.0909. The van der Waals surface area contributed by atoms with Gasteiger partial charge in [0, 0.05) is 11.0 Å². The second-order valence-electron chi connectivity index (χ2n) is 3.50. The van der Waals surface area contributed by atoms with Crippen LogP contribution in [0.4, 0.5) is 0 Å². The standard InChI is InChI=1S/C11H9Br2NO2S2/c12-9-6-10(17-11(9)13)18(15,16)14-7-8-4-2-1-3-5-8/h1-6,14H,7H2. The molecule has 0 aliphatic heterocycles. The average Bonchev–Trinajstić information content (AvgIpc) is 2.70. The summed E-state index contributed by atoms with van der Waals surface area (Å²) < 4.78 is 28.4. The minimum atomic E-state index is -3.45. The molecular formula is C11H9Br2NO2S2. The van der Waals surface area contributed by atoms with Crippen LogP contribution in [0.2, 0.25) is 0 Å². The van der Waals surface area contributed by atoms with Gasteiger partial charge in [-0.2, -0.15) is 0 Å². The highest BCUT2D eigenvalue weighted by Gasteiger charge is 2.18. The topological polar surface area (TPSA) is 46.2 Å². The molecule has 18 heavy (non-hydrogen) atoms. The molecule has 1 heterocycles. The second kappa shape index (κ2) is 5.83. The van der Waals surface area contributed by atoms with E-state index in [1.54, 1.807) is 6.07 Å². The van der Waals surface area contributed by atoms with Crippen LogP contribution in [-0.2, 0) is 16.6 Å². The van der Waals surface area contributed by atoms with Crippen molar-refractivity contribution in [3.63, 3.8) is 0 Å². The summed E-state index contributed by atoms with van der Waals surface area (Å²) >= 11 is 7.74. The van der Waals surface area contributed by atoms with E-state index >= 15 is 0 Å². The van der Waals surface area contributed by atoms with Gasteiger partial charge in [-0.1, -0.05) is 30.3 Å². The summed E-state index contributed by atoms with van der Waals surface area (Å²) in [5.74, 6) is 0. The largest absolute Gasteiger partial charge is 0.250 e. The van der Waals surface area contributed by atoms with Crippen LogP contribution in [0.5, 0.6) is 0 Å². The normalized spacial score (nSPS) is 11.7. The highest BCUT2D eigenvalue weighted by molar-refractivity contribution is 9.13. The third kappa shape index (κ3) is 3.42. The first-order chi connectivity index (χ1) is 8.49. The first kappa shape index (κ1) is 14.2. The fourth-order valence-corrected chi connectivity index (χ4v) is 5.19. The Morgan fingerprint density at radius 3 is 2.39 bits per heavy atom. The molecule has 2 rings (SSSR count). The van der Waals surface area contributed by atoms with E-state index in [1.807, 2.05) is 30.3 Å². The van der Waals surface area contributed by atoms with Crippen LogP contribution in [0, 0.1) is 0 Å². The average molecular weight is 411 g/mol. The summed E-state index contributed by atoms with van der Waals surface area (Å²) in [5.41, 5.74) is 0.927. The van der Waals surface area contributed by atoms with Crippen molar-refractivity contribution < 1.29 is 8.42 Å². The van der Waals surface area contributed by atoms with Crippen molar-refractivity contribution in [2.75, 3.05) is 0 Å². The lowest BCUT2D eigenvalue weighted by Crippen LogP contribution is -2.22. The maximum Gasteiger partial charge on any atom is 0.250 e. The number of rotatable bonds is 4. The van der Waals surface area contributed by atoms with Crippen molar-refractivity contribution in [1.29, 1.82) is 0 Å². The lowest BCUT2D eigenvalue weighted by Gasteiger charge is -2.04. The van der Waals surface area contributed by atoms with Crippen molar-refractivity contribution in [3.8, 4) is 0 Å². The van der Waals surface area contributed by atoms with E-state index in [2.05, 4.69) is 36.6 Å². The Hall–Kier alpha value is -0.210. The molecule has 7 heteroatoms. The molecule has 0 spiro atoms. The Balaban J connectivity index is 2.13. The molecular weight excluding hydrogens is 402 g/mol. The Labute approximate surface area is 127 Å². The second-order valence-corrected chi connectivity index (χ2v) is 8.72. The van der Waals surface area contributed by atoms with Crippen molar-refractivity contribution in [3.05, 3.63) is 50.2 Å². The maximum absolute atomic E-state index is 12.0. The van der Waals surface area contributed by atoms with E-state index in [1.165, 1.54) is 11.3 Å². The predicted molar refractivity (Wildman–Crippen MR) is 80.2 cm³/mol. The van der Waals surface area contributed by atoms with Crippen LogP contribution < -0.4 is 4.72 Å². The molecule has 2 aromatic rings. The monoisotopic (exact) mass is 409 g/mol. The molecule has 0 saturated heterocycles. The van der Waals surface area contributed by atoms with Gasteiger partial charge in [0.15, 0.2) is 0 Å². The molecule has 0 atom stereocenters. The van der Waals surface area contributed by atoms with E-state index < -0.39 is 10.0 Å². The van der Waals surface area contributed by atoms with Gasteiger partial charge in [0.1, 0.15) is 4.21 Å². The smallest absolute Gasteiger partial charge is 0.206 e. The summed E-state index contributed by atoms with van der Waals surface area (Å²) in [7, 11) is -3.45. The van der Waals surface area contributed by atoms with Crippen molar-refractivity contribution in [1.82, 2.24) is 4.72 Å². The lowest BCUT2D eigenvalue weighted by atomic mass is 10.2. The van der Waals surface area contributed by atoms with Gasteiger partial charge in [-0.3, -0.25) is 0 Å². The highest BCUT2D eigenvalue weighted by Crippen LogP contribution is 2.34. The third-order valence-electron chi connectivity index (χ3n) is 2.20. The minimum absolute atomic E-state index is 0.288. The molecule has 0 bridgehead atoms.